The van der Waals surface area contributed by atoms with Gasteiger partial charge in [0, 0.05) is 31.6 Å². The number of carbonyl (C=O) groups is 1. The number of carbonyl (C=O) groups excluding carboxylic acids is 1. The van der Waals surface area contributed by atoms with Crippen molar-refractivity contribution in [2.75, 3.05) is 18.8 Å². The van der Waals surface area contributed by atoms with Crippen molar-refractivity contribution >= 4 is 17.8 Å². The van der Waals surface area contributed by atoms with Gasteiger partial charge in [0.2, 0.25) is 0 Å². The molecule has 3 rings (SSSR count). The molecular formula is C19H22FN3OS. The fourth-order valence-corrected chi connectivity index (χ4v) is 3.88. The summed E-state index contributed by atoms with van der Waals surface area (Å²) in [5, 5.41) is 3.97. The van der Waals surface area contributed by atoms with Gasteiger partial charge in [0.1, 0.15) is 5.82 Å². The molecule has 0 radical (unpaired) electrons. The highest BCUT2D eigenvalue weighted by atomic mass is 32.2. The maximum Gasteiger partial charge on any atom is 0.317 e. The van der Waals surface area contributed by atoms with Crippen molar-refractivity contribution in [3.63, 3.8) is 0 Å². The first kappa shape index (κ1) is 17.7. The van der Waals surface area contributed by atoms with Gasteiger partial charge in [-0.2, -0.15) is 0 Å². The van der Waals surface area contributed by atoms with Crippen LogP contribution >= 0.6 is 11.8 Å². The topological polar surface area (TPSA) is 45.2 Å². The molecule has 132 valence electrons. The Balaban J connectivity index is 1.38. The second-order valence-electron chi connectivity index (χ2n) is 6.19. The van der Waals surface area contributed by atoms with E-state index in [4.69, 9.17) is 0 Å². The van der Waals surface area contributed by atoms with E-state index in [-0.39, 0.29) is 11.8 Å². The average molecular weight is 359 g/mol. The lowest BCUT2D eigenvalue weighted by atomic mass is 9.99. The van der Waals surface area contributed by atoms with E-state index in [0.717, 1.165) is 42.3 Å². The maximum absolute atomic E-state index is 12.9. The van der Waals surface area contributed by atoms with Crippen molar-refractivity contribution in [3.8, 4) is 0 Å². The van der Waals surface area contributed by atoms with Crippen molar-refractivity contribution < 1.29 is 9.18 Å². The zero-order valence-electron chi connectivity index (χ0n) is 14.0. The predicted octanol–water partition coefficient (Wildman–Crippen LogP) is 3.93. The monoisotopic (exact) mass is 359 g/mol. The molecule has 1 aliphatic heterocycles. The molecule has 1 N–H and O–H groups in total. The fourth-order valence-electron chi connectivity index (χ4n) is 2.83. The Morgan fingerprint density at radius 3 is 2.64 bits per heavy atom. The number of nitrogens with one attached hydrogen (secondary N) is 1. The van der Waals surface area contributed by atoms with Gasteiger partial charge in [-0.1, -0.05) is 18.2 Å². The van der Waals surface area contributed by atoms with Crippen LogP contribution in [0.4, 0.5) is 9.18 Å². The summed E-state index contributed by atoms with van der Waals surface area (Å²) in [7, 11) is 0. The predicted molar refractivity (Wildman–Crippen MR) is 97.9 cm³/mol. The fraction of sp³-hybridized carbons (Fsp3) is 0.368. The van der Waals surface area contributed by atoms with Gasteiger partial charge in [-0.3, -0.25) is 0 Å². The second kappa shape index (κ2) is 8.85. The molecule has 1 aromatic heterocycles. The highest BCUT2D eigenvalue weighted by molar-refractivity contribution is 7.99. The Hall–Kier alpha value is -2.08. The Kier molecular flexibility index (Phi) is 6.28. The quantitative estimate of drug-likeness (QED) is 0.823. The minimum Gasteiger partial charge on any atom is -0.334 e. The SMILES string of the molecule is O=C(NCc1ccc(F)cc1)N1CCC(CSc2ccccn2)CC1. The van der Waals surface area contributed by atoms with Gasteiger partial charge in [0.05, 0.1) is 5.03 Å². The standard InChI is InChI=1S/C19H22FN3OS/c20-17-6-4-15(5-7-17)13-22-19(24)23-11-8-16(9-12-23)14-25-18-3-1-2-10-21-18/h1-7,10,16H,8-9,11-14H2,(H,22,24). The molecule has 1 aromatic carbocycles. The molecular weight excluding hydrogens is 337 g/mol. The third kappa shape index (κ3) is 5.46. The molecule has 6 heteroatoms. The number of benzene rings is 1. The number of hydrogen-bond donors (Lipinski definition) is 1. The van der Waals surface area contributed by atoms with Crippen molar-refractivity contribution in [2.45, 2.75) is 24.4 Å². The van der Waals surface area contributed by atoms with Gasteiger partial charge in [-0.05, 0) is 48.6 Å². The zero-order valence-corrected chi connectivity index (χ0v) is 14.8. The summed E-state index contributed by atoms with van der Waals surface area (Å²) in [5.41, 5.74) is 0.899. The lowest BCUT2D eigenvalue weighted by Crippen LogP contribution is -2.44. The first-order chi connectivity index (χ1) is 12.2. The molecule has 2 aromatic rings. The third-order valence-electron chi connectivity index (χ3n) is 4.36. The summed E-state index contributed by atoms with van der Waals surface area (Å²) >= 11 is 1.78. The minimum atomic E-state index is -0.263. The van der Waals surface area contributed by atoms with Crippen molar-refractivity contribution in [1.82, 2.24) is 15.2 Å². The second-order valence-corrected chi connectivity index (χ2v) is 7.23. The van der Waals surface area contributed by atoms with E-state index in [0.29, 0.717) is 12.5 Å². The Bertz CT molecular complexity index is 673. The molecule has 4 nitrogen and oxygen atoms in total. The van der Waals surface area contributed by atoms with Gasteiger partial charge < -0.3 is 10.2 Å². The lowest BCUT2D eigenvalue weighted by Gasteiger charge is -2.31. The number of aromatic nitrogens is 1. The number of piperidine rings is 1. The molecule has 1 saturated heterocycles. The number of likely N-dealkylation sites (tertiary alicyclic amines) is 1. The molecule has 1 aliphatic rings. The molecule has 0 atom stereocenters. The van der Waals surface area contributed by atoms with Crippen LogP contribution < -0.4 is 5.32 Å². The number of hydrogen-bond acceptors (Lipinski definition) is 3. The number of nitrogens with zero attached hydrogens (tertiary/aromatic N) is 2. The smallest absolute Gasteiger partial charge is 0.317 e. The van der Waals surface area contributed by atoms with Crippen LogP contribution in [0.25, 0.3) is 0 Å². The van der Waals surface area contributed by atoms with Crippen LogP contribution in [0.5, 0.6) is 0 Å². The number of amides is 2. The molecule has 2 heterocycles. The van der Waals surface area contributed by atoms with Crippen LogP contribution in [-0.4, -0.2) is 34.8 Å². The molecule has 0 bridgehead atoms. The summed E-state index contributed by atoms with van der Waals surface area (Å²) in [6.07, 6.45) is 3.85. The van der Waals surface area contributed by atoms with Gasteiger partial charge in [0.25, 0.3) is 0 Å². The van der Waals surface area contributed by atoms with E-state index >= 15 is 0 Å². The summed E-state index contributed by atoms with van der Waals surface area (Å²) in [5.74, 6) is 1.40. The molecule has 0 aliphatic carbocycles. The number of urea groups is 1. The summed E-state index contributed by atoms with van der Waals surface area (Å²) < 4.78 is 12.9. The molecule has 0 saturated carbocycles. The zero-order chi connectivity index (χ0) is 17.5. The molecule has 25 heavy (non-hydrogen) atoms. The van der Waals surface area contributed by atoms with Crippen LogP contribution in [0.3, 0.4) is 0 Å². The number of pyridine rings is 1. The first-order valence-electron chi connectivity index (χ1n) is 8.52. The van der Waals surface area contributed by atoms with Gasteiger partial charge in [0.15, 0.2) is 0 Å². The van der Waals surface area contributed by atoms with E-state index in [2.05, 4.69) is 10.3 Å². The highest BCUT2D eigenvalue weighted by Crippen LogP contribution is 2.25. The number of rotatable bonds is 5. The normalized spacial score (nSPS) is 15.2. The largest absolute Gasteiger partial charge is 0.334 e. The van der Waals surface area contributed by atoms with E-state index in [9.17, 15) is 9.18 Å². The molecule has 2 amide bonds. The third-order valence-corrected chi connectivity index (χ3v) is 5.54. The van der Waals surface area contributed by atoms with E-state index in [1.807, 2.05) is 29.3 Å². The summed E-state index contributed by atoms with van der Waals surface area (Å²) in [6.45, 7) is 1.99. The Labute approximate surface area is 151 Å². The van der Waals surface area contributed by atoms with Crippen molar-refractivity contribution in [1.29, 1.82) is 0 Å². The van der Waals surface area contributed by atoms with E-state index in [1.54, 1.807) is 23.9 Å². The van der Waals surface area contributed by atoms with Crippen LogP contribution in [-0.2, 0) is 6.54 Å². The van der Waals surface area contributed by atoms with E-state index < -0.39 is 0 Å². The van der Waals surface area contributed by atoms with Crippen molar-refractivity contribution in [2.24, 2.45) is 5.92 Å². The summed E-state index contributed by atoms with van der Waals surface area (Å²) in [4.78, 5) is 18.4. The van der Waals surface area contributed by atoms with Crippen LogP contribution in [0.2, 0.25) is 0 Å². The lowest BCUT2D eigenvalue weighted by molar-refractivity contribution is 0.174. The molecule has 0 spiro atoms. The van der Waals surface area contributed by atoms with Gasteiger partial charge in [-0.15, -0.1) is 11.8 Å². The minimum absolute atomic E-state index is 0.0415. The average Bonchev–Trinajstić information content (AvgIpc) is 2.67. The van der Waals surface area contributed by atoms with Crippen LogP contribution in [0.15, 0.2) is 53.7 Å². The van der Waals surface area contributed by atoms with Crippen LogP contribution in [0.1, 0.15) is 18.4 Å². The Morgan fingerprint density at radius 2 is 1.96 bits per heavy atom. The maximum atomic E-state index is 12.9. The number of halogens is 1. The Morgan fingerprint density at radius 1 is 1.20 bits per heavy atom. The van der Waals surface area contributed by atoms with Gasteiger partial charge in [-0.25, -0.2) is 14.2 Å². The summed E-state index contributed by atoms with van der Waals surface area (Å²) in [6, 6.07) is 12.1. The first-order valence-corrected chi connectivity index (χ1v) is 9.50. The highest BCUT2D eigenvalue weighted by Gasteiger charge is 2.22. The molecule has 0 unspecified atom stereocenters. The van der Waals surface area contributed by atoms with Crippen LogP contribution in [0, 0.1) is 11.7 Å². The van der Waals surface area contributed by atoms with Crippen molar-refractivity contribution in [3.05, 3.63) is 60.0 Å². The van der Waals surface area contributed by atoms with E-state index in [1.165, 1.54) is 12.1 Å². The molecule has 1 fully saturated rings. The number of thioether (sulfide) groups is 1. The van der Waals surface area contributed by atoms with Gasteiger partial charge >= 0.3 is 6.03 Å².